The van der Waals surface area contributed by atoms with E-state index in [-0.39, 0.29) is 0 Å². The largest absolute Gasteiger partial charge is 0.325 e. The molecule has 1 saturated heterocycles. The van der Waals surface area contributed by atoms with Crippen molar-refractivity contribution in [2.75, 3.05) is 40.3 Å². The molecule has 3 nitrogen and oxygen atoms in total. The Hall–Kier alpha value is -0.120. The summed E-state index contributed by atoms with van der Waals surface area (Å²) in [6, 6.07) is 0.453. The van der Waals surface area contributed by atoms with Gasteiger partial charge in [-0.3, -0.25) is 0 Å². The highest BCUT2D eigenvalue weighted by Gasteiger charge is 2.21. The summed E-state index contributed by atoms with van der Waals surface area (Å²) in [5.74, 6) is 0. The van der Waals surface area contributed by atoms with Crippen LogP contribution < -0.4 is 5.73 Å². The molecule has 1 aliphatic heterocycles. The Labute approximate surface area is 69.1 Å². The van der Waals surface area contributed by atoms with Gasteiger partial charge in [-0.15, -0.1) is 0 Å². The van der Waals surface area contributed by atoms with E-state index in [2.05, 4.69) is 23.9 Å². The predicted molar refractivity (Wildman–Crippen MR) is 47.6 cm³/mol. The molecular weight excluding hydrogens is 138 g/mol. The van der Waals surface area contributed by atoms with Crippen LogP contribution in [0.25, 0.3) is 0 Å². The number of rotatable bonds is 4. The summed E-state index contributed by atoms with van der Waals surface area (Å²) < 4.78 is 0. The predicted octanol–water partition coefficient (Wildman–Crippen LogP) is -0.419. The summed E-state index contributed by atoms with van der Waals surface area (Å²) in [4.78, 5) is 4.63. The molecule has 1 fully saturated rings. The fourth-order valence-electron chi connectivity index (χ4n) is 1.40. The summed E-state index contributed by atoms with van der Waals surface area (Å²) in [6.45, 7) is 4.61. The van der Waals surface area contributed by atoms with Crippen molar-refractivity contribution in [3.05, 3.63) is 0 Å². The van der Waals surface area contributed by atoms with Crippen LogP contribution in [0.1, 0.15) is 6.42 Å². The average Bonchev–Trinajstić information content (AvgIpc) is 1.83. The van der Waals surface area contributed by atoms with Crippen LogP contribution in [0, 0.1) is 0 Å². The lowest BCUT2D eigenvalue weighted by Crippen LogP contribution is -2.55. The fourth-order valence-corrected chi connectivity index (χ4v) is 1.40. The molecule has 0 aromatic heterocycles. The minimum absolute atomic E-state index is 0.453. The number of hydrogen-bond donors (Lipinski definition) is 1. The van der Waals surface area contributed by atoms with Crippen molar-refractivity contribution in [1.29, 1.82) is 0 Å². The van der Waals surface area contributed by atoms with Gasteiger partial charge in [0.1, 0.15) is 0 Å². The smallest absolute Gasteiger partial charge is 0.0297 e. The van der Waals surface area contributed by atoms with Crippen LogP contribution in [0.5, 0.6) is 0 Å². The Morgan fingerprint density at radius 1 is 1.45 bits per heavy atom. The second-order valence-corrected chi connectivity index (χ2v) is 3.68. The summed E-state index contributed by atoms with van der Waals surface area (Å²) in [7, 11) is 4.23. The molecule has 0 saturated carbocycles. The van der Waals surface area contributed by atoms with E-state index in [0.29, 0.717) is 6.04 Å². The Balaban J connectivity index is 1.89. The number of likely N-dealkylation sites (tertiary alicyclic amines) is 1. The maximum atomic E-state index is 5.65. The molecule has 3 heteroatoms. The van der Waals surface area contributed by atoms with Crippen LogP contribution >= 0.6 is 0 Å². The van der Waals surface area contributed by atoms with E-state index >= 15 is 0 Å². The van der Waals surface area contributed by atoms with Gasteiger partial charge in [0.2, 0.25) is 0 Å². The lowest BCUT2D eigenvalue weighted by molar-refractivity contribution is 0.145. The minimum Gasteiger partial charge on any atom is -0.325 e. The van der Waals surface area contributed by atoms with Crippen molar-refractivity contribution in [1.82, 2.24) is 9.80 Å². The molecule has 0 amide bonds. The monoisotopic (exact) mass is 157 g/mol. The highest BCUT2D eigenvalue weighted by molar-refractivity contribution is 4.82. The zero-order valence-corrected chi connectivity index (χ0v) is 7.58. The zero-order chi connectivity index (χ0) is 8.27. The van der Waals surface area contributed by atoms with Gasteiger partial charge < -0.3 is 15.5 Å². The Morgan fingerprint density at radius 3 is 2.55 bits per heavy atom. The van der Waals surface area contributed by atoms with E-state index in [1.165, 1.54) is 19.5 Å². The molecule has 0 unspecified atom stereocenters. The first kappa shape index (κ1) is 8.97. The van der Waals surface area contributed by atoms with Crippen molar-refractivity contribution in [2.24, 2.45) is 5.73 Å². The first-order valence-electron chi connectivity index (χ1n) is 4.31. The molecule has 0 radical (unpaired) electrons. The van der Waals surface area contributed by atoms with Gasteiger partial charge in [-0.25, -0.2) is 0 Å². The van der Waals surface area contributed by atoms with Gasteiger partial charge in [0.25, 0.3) is 0 Å². The molecule has 0 atom stereocenters. The summed E-state index contributed by atoms with van der Waals surface area (Å²) >= 11 is 0. The molecule has 0 bridgehead atoms. The van der Waals surface area contributed by atoms with Gasteiger partial charge >= 0.3 is 0 Å². The van der Waals surface area contributed by atoms with Crippen molar-refractivity contribution >= 4 is 0 Å². The average molecular weight is 157 g/mol. The first-order chi connectivity index (χ1) is 5.18. The molecule has 1 aliphatic rings. The topological polar surface area (TPSA) is 32.5 Å². The summed E-state index contributed by atoms with van der Waals surface area (Å²) in [5.41, 5.74) is 5.65. The van der Waals surface area contributed by atoms with Crippen LogP contribution in [-0.2, 0) is 0 Å². The molecule has 1 rings (SSSR count). The third-order valence-electron chi connectivity index (χ3n) is 2.07. The van der Waals surface area contributed by atoms with Gasteiger partial charge in [-0.1, -0.05) is 0 Å². The molecule has 0 aliphatic carbocycles. The first-order valence-corrected chi connectivity index (χ1v) is 4.31. The van der Waals surface area contributed by atoms with E-state index in [1.54, 1.807) is 0 Å². The minimum atomic E-state index is 0.453. The Morgan fingerprint density at radius 2 is 2.09 bits per heavy atom. The summed E-state index contributed by atoms with van der Waals surface area (Å²) in [6.07, 6.45) is 1.26. The number of nitrogens with two attached hydrogens (primary N) is 1. The van der Waals surface area contributed by atoms with E-state index in [0.717, 1.165) is 13.1 Å². The van der Waals surface area contributed by atoms with Gasteiger partial charge in [-0.2, -0.15) is 0 Å². The van der Waals surface area contributed by atoms with E-state index < -0.39 is 0 Å². The lowest BCUT2D eigenvalue weighted by Gasteiger charge is -2.36. The van der Waals surface area contributed by atoms with Crippen molar-refractivity contribution in [2.45, 2.75) is 12.5 Å². The standard InChI is InChI=1S/C8H19N3/c1-10(2)4-3-5-11-6-8(9)7-11/h8H,3-7,9H2,1-2H3. The van der Waals surface area contributed by atoms with Gasteiger partial charge in [0.15, 0.2) is 0 Å². The molecular formula is C8H19N3. The SMILES string of the molecule is CN(C)CCCN1CC(N)C1. The number of nitrogens with zero attached hydrogens (tertiary/aromatic N) is 2. The van der Waals surface area contributed by atoms with Crippen LogP contribution in [0.4, 0.5) is 0 Å². The highest BCUT2D eigenvalue weighted by atomic mass is 15.2. The zero-order valence-electron chi connectivity index (χ0n) is 7.58. The quantitative estimate of drug-likeness (QED) is 0.601. The lowest BCUT2D eigenvalue weighted by atomic mass is 10.1. The van der Waals surface area contributed by atoms with Gasteiger partial charge in [-0.05, 0) is 33.6 Å². The Kier molecular flexibility index (Phi) is 3.30. The highest BCUT2D eigenvalue weighted by Crippen LogP contribution is 2.04. The Bertz CT molecular complexity index is 108. The molecule has 11 heavy (non-hydrogen) atoms. The van der Waals surface area contributed by atoms with E-state index in [1.807, 2.05) is 0 Å². The fraction of sp³-hybridized carbons (Fsp3) is 1.00. The third-order valence-corrected chi connectivity index (χ3v) is 2.07. The van der Waals surface area contributed by atoms with Crippen molar-refractivity contribution in [3.63, 3.8) is 0 Å². The van der Waals surface area contributed by atoms with Crippen LogP contribution in [0.3, 0.4) is 0 Å². The molecule has 0 aromatic rings. The molecule has 2 N–H and O–H groups in total. The second kappa shape index (κ2) is 4.04. The van der Waals surface area contributed by atoms with Gasteiger partial charge in [0.05, 0.1) is 0 Å². The van der Waals surface area contributed by atoms with Crippen molar-refractivity contribution in [3.8, 4) is 0 Å². The molecule has 0 spiro atoms. The summed E-state index contributed by atoms with van der Waals surface area (Å²) in [5, 5.41) is 0. The molecule has 0 aromatic carbocycles. The van der Waals surface area contributed by atoms with Crippen LogP contribution in [0.2, 0.25) is 0 Å². The van der Waals surface area contributed by atoms with E-state index in [9.17, 15) is 0 Å². The number of hydrogen-bond acceptors (Lipinski definition) is 3. The molecule has 1 heterocycles. The molecule has 66 valence electrons. The van der Waals surface area contributed by atoms with Crippen LogP contribution in [0.15, 0.2) is 0 Å². The van der Waals surface area contributed by atoms with Crippen LogP contribution in [-0.4, -0.2) is 56.1 Å². The third kappa shape index (κ3) is 3.18. The van der Waals surface area contributed by atoms with Gasteiger partial charge in [0, 0.05) is 19.1 Å². The normalized spacial score (nSPS) is 20.7. The van der Waals surface area contributed by atoms with E-state index in [4.69, 9.17) is 5.73 Å². The maximum Gasteiger partial charge on any atom is 0.0297 e. The van der Waals surface area contributed by atoms with Crippen molar-refractivity contribution < 1.29 is 0 Å². The second-order valence-electron chi connectivity index (χ2n) is 3.68. The maximum absolute atomic E-state index is 5.65.